The molecule has 0 radical (unpaired) electrons. The summed E-state index contributed by atoms with van der Waals surface area (Å²) >= 11 is 2.15. The number of halogens is 3. The number of aliphatic hydroxyl groups excluding tert-OH is 1. The fraction of sp³-hybridized carbons (Fsp3) is 0.771. The number of carbonyl (C=O) groups excluding carboxylic acids is 3. The number of carbonyl (C=O) groups is 5. The van der Waals surface area contributed by atoms with Crippen LogP contribution < -0.4 is 92.0 Å². The van der Waals surface area contributed by atoms with Gasteiger partial charge >= 0.3 is 99.0 Å². The molecular formula is C83H142F2IKN5NaO16S2. The Morgan fingerprint density at radius 2 is 0.955 bits per heavy atom. The van der Waals surface area contributed by atoms with Crippen molar-refractivity contribution in [2.45, 2.75) is 267 Å². The molecule has 0 saturated heterocycles. The molecule has 16 aliphatic carbocycles. The molecule has 13 unspecified atom stereocenters. The molecule has 16 aliphatic rings. The molecule has 21 nitrogen and oxygen atoms in total. The van der Waals surface area contributed by atoms with Crippen molar-refractivity contribution in [3.05, 3.63) is 99.9 Å². The Bertz CT molecular complexity index is 3130. The predicted molar refractivity (Wildman–Crippen MR) is 441 cm³/mol. The van der Waals surface area contributed by atoms with E-state index >= 15 is 0 Å². The number of allylic oxidation sites excluding steroid dienone is 2. The van der Waals surface area contributed by atoms with Crippen molar-refractivity contribution in [1.82, 2.24) is 5.32 Å². The predicted octanol–water partition coefficient (Wildman–Crippen LogP) is 13.9. The smallest absolute Gasteiger partial charge is 0.870 e. The number of rotatable bonds is 8. The molecule has 2 aromatic rings. The van der Waals surface area contributed by atoms with Gasteiger partial charge < -0.3 is 47.6 Å². The second kappa shape index (κ2) is 60.4. The third-order valence-electron chi connectivity index (χ3n) is 23.7. The first-order valence-corrected chi connectivity index (χ1v) is 44.6. The van der Waals surface area contributed by atoms with E-state index in [4.69, 9.17) is 47.0 Å². The number of fused-ring (bicyclic) bond motifs is 8. The molecule has 0 heterocycles. The van der Waals surface area contributed by atoms with Gasteiger partial charge in [-0.05, 0) is 228 Å². The zero-order chi connectivity index (χ0) is 79.8. The number of ether oxygens (including phenoxy) is 1. The van der Waals surface area contributed by atoms with Gasteiger partial charge in [0.25, 0.3) is 20.2 Å². The van der Waals surface area contributed by atoms with Crippen LogP contribution in [-0.2, 0) is 61.5 Å². The van der Waals surface area contributed by atoms with E-state index in [0.29, 0.717) is 74.7 Å². The fourth-order valence-corrected chi connectivity index (χ4v) is 20.9. The monoisotopic (exact) mass is 1760 g/mol. The Kier molecular flexibility index (Phi) is 60.4. The van der Waals surface area contributed by atoms with E-state index in [0.717, 1.165) is 135 Å². The standard InChI is InChI=1S/C17H23NO2.C11H16O4S.C10H16O2.C10H14O2.C10H14O.C9H17N.C7H8O.C2H6.2CH3F.CH3I.CH4O3S.3CH4.K.N3.Na.H2O.H2/c19-17(20-12-13-5-2-1-3-6-13)18-16-10-14-7-4-8-15(9-14)11-16;1-16(13,14)15-11-8-3-6-2-7(5-8)10(12)9(11)4-6;2*11-10(12)9-5-7-2-1-3-8(4-7)6-9;11-10-8-2-6-1-7(4-8)5-9(10)3-6;10-9-5-7-2-1-3-8(4-7)6-9;8-6-7-4-2-1-3-5-7;4*1-2;1-5(2,3)4;;;;;1-3-2;;;/h1-3,5-6,14-16H,4,7-12H2,(H,18,19);6-9,11H,2-5H2,1H3;7-9H,1-6H2,(H,11,12);1-2,7-9H,3-6H2,(H,11,12);6-9H,1-5H2;7-9H,1-6,10H2;1-5,8H,6H2;1-2H3;3*1H3;1H3,(H,2,3,4);3*1H4;;;;1H2;1H/q;;;;;;;;;;;;;;;+1;-1;+1;;/p-1/t;;;7?,8?,9-;;;;;;;;;;;;;;;;/m...1................/s1/i;;;;;;;;;;;;1D;;;;;;;. The Hall–Kier alpha value is -2.03. The summed E-state index contributed by atoms with van der Waals surface area (Å²) in [5.41, 5.74) is 21.4. The Morgan fingerprint density at radius 1 is 0.586 bits per heavy atom. The molecule has 1 amide bonds. The summed E-state index contributed by atoms with van der Waals surface area (Å²) in [5.74, 6) is 9.80. The number of aliphatic hydroxyl groups is 1. The number of hydrogen-bond acceptors (Lipinski definition) is 14. The van der Waals surface area contributed by atoms with E-state index < -0.39 is 32.2 Å². The van der Waals surface area contributed by atoms with Crippen molar-refractivity contribution in [2.75, 3.05) is 31.8 Å². The number of ketones is 2. The number of amides is 1. The van der Waals surface area contributed by atoms with Crippen LogP contribution in [0.4, 0.5) is 13.6 Å². The number of nitrogens with two attached hydrogens (primary N) is 1. The summed E-state index contributed by atoms with van der Waals surface area (Å²) in [7, 11) is -4.86. The van der Waals surface area contributed by atoms with E-state index in [2.05, 4.69) is 40.1 Å². The number of hydrogen-bond donors (Lipinski definition) is 6. The SMILES string of the molecule is C.C.CC.CF.CF.CI.CS(=O)(=O)O.CS(=O)(=O)OC1C2CC3CC(C2)C(=O)C1C3.NC1CC2CCCC(C1)C2.O=C(NC1CC2CCCC(C2)C1)OCc1ccccc1.O=C(O)C1CC2CCCC(C2)C1.O=C(O)[C@@H]1CC2C=CCC(C2)C1.O=C1C2CC3CC(C2)CC1C3.OCc1ccccc1.[2H]C.[HH].[K+].[N-]=[N+]=[N-].[Na+].[OH-]. The first kappa shape index (κ1) is 111. The van der Waals surface area contributed by atoms with Crippen molar-refractivity contribution in [3.63, 3.8) is 0 Å². The van der Waals surface area contributed by atoms with Gasteiger partial charge in [0.1, 0.15) is 18.2 Å². The number of alkyl carbamates (subject to hydrolysis) is 1. The Balaban J connectivity index is -0.000000594. The number of carboxylic acids is 2. The summed E-state index contributed by atoms with van der Waals surface area (Å²) < 4.78 is 83.5. The van der Waals surface area contributed by atoms with Crippen LogP contribution in [0, 0.1) is 107 Å². The van der Waals surface area contributed by atoms with Crippen LogP contribution in [0.3, 0.4) is 0 Å². The summed E-state index contributed by atoms with van der Waals surface area (Å²) in [6.07, 6.45) is 43.1. The van der Waals surface area contributed by atoms with Crippen molar-refractivity contribution in [2.24, 2.45) is 112 Å². The molecule has 28 heteroatoms. The molecule has 16 bridgehead atoms. The van der Waals surface area contributed by atoms with Gasteiger partial charge in [-0.25, -0.2) is 4.79 Å². The summed E-state index contributed by atoms with van der Waals surface area (Å²) in [6, 6.07) is 20.2. The molecule has 14 atom stereocenters. The van der Waals surface area contributed by atoms with Gasteiger partial charge in [-0.2, -0.15) is 16.8 Å². The van der Waals surface area contributed by atoms with Gasteiger partial charge in [-0.3, -0.25) is 41.6 Å². The van der Waals surface area contributed by atoms with Crippen molar-refractivity contribution < 1.29 is 168 Å². The van der Waals surface area contributed by atoms with E-state index in [9.17, 15) is 49.6 Å². The number of aliphatic carboxylic acids is 2. The van der Waals surface area contributed by atoms with E-state index in [1.165, 1.54) is 141 Å². The second-order valence-corrected chi connectivity index (χ2v) is 34.6. The van der Waals surface area contributed by atoms with Gasteiger partial charge in [0, 0.05) is 38.6 Å². The maximum absolute atomic E-state index is 12.0. The van der Waals surface area contributed by atoms with E-state index in [-0.39, 0.29) is 157 Å². The van der Waals surface area contributed by atoms with Gasteiger partial charge in [0.15, 0.2) is 0 Å². The number of carboxylic acid groups (broad SMARTS) is 2. The van der Waals surface area contributed by atoms with Gasteiger partial charge in [0.05, 0.1) is 51.4 Å². The minimum atomic E-state index is -3.67. The first-order chi connectivity index (χ1) is 51.3. The molecule has 0 spiro atoms. The van der Waals surface area contributed by atoms with Crippen LogP contribution in [0.2, 0.25) is 0 Å². The van der Waals surface area contributed by atoms with Crippen LogP contribution >= 0.6 is 22.6 Å². The van der Waals surface area contributed by atoms with Crippen molar-refractivity contribution in [1.29, 1.82) is 0 Å². The Labute approximate surface area is 748 Å². The average Bonchev–Trinajstić information content (AvgIpc) is 0.750. The van der Waals surface area contributed by atoms with Crippen LogP contribution in [0.1, 0.15) is 249 Å². The molecule has 15 saturated carbocycles. The minimum absolute atomic E-state index is 0. The Morgan fingerprint density at radius 3 is 1.35 bits per heavy atom. The van der Waals surface area contributed by atoms with Crippen molar-refractivity contribution in [3.8, 4) is 0 Å². The summed E-state index contributed by atoms with van der Waals surface area (Å²) in [6.45, 7) is 4.49. The quantitative estimate of drug-likeness (QED) is 0.0165. The average molecular weight is 1760 g/mol. The molecule has 111 heavy (non-hydrogen) atoms. The molecule has 630 valence electrons. The largest absolute Gasteiger partial charge is 1.00 e. The number of alkyl halides is 3. The van der Waals surface area contributed by atoms with Crippen molar-refractivity contribution >= 4 is 72.4 Å². The molecule has 15 fully saturated rings. The second-order valence-electron chi connectivity index (χ2n) is 31.6. The fourth-order valence-electron chi connectivity index (χ4n) is 20.2. The van der Waals surface area contributed by atoms with Gasteiger partial charge in [0.2, 0.25) is 0 Å². The maximum Gasteiger partial charge on any atom is 1.00 e. The number of Topliss-reactive ketones (excluding diaryl/α,β-unsaturated/α-hetero) is 2. The number of benzene rings is 2. The molecule has 0 aromatic heterocycles. The topological polar surface area (TPSA) is 380 Å². The molecule has 8 N–H and O–H groups in total. The van der Waals surface area contributed by atoms with Crippen LogP contribution in [0.5, 0.6) is 0 Å². The van der Waals surface area contributed by atoms with Crippen LogP contribution in [0.15, 0.2) is 72.8 Å². The normalized spacial score (nSPS) is 31.6. The van der Waals surface area contributed by atoms with E-state index in [1.54, 1.807) is 0 Å². The van der Waals surface area contributed by atoms with Crippen LogP contribution in [-0.4, -0.2) is 122 Å². The zero-order valence-electron chi connectivity index (χ0n) is 68.0. The third kappa shape index (κ3) is 42.0. The van der Waals surface area contributed by atoms with Gasteiger partial charge in [-0.15, -0.1) is 0 Å². The molecule has 2 aromatic carbocycles. The summed E-state index contributed by atoms with van der Waals surface area (Å²) in [4.78, 5) is 60.5. The number of nitrogens with one attached hydrogen (secondary N) is 1. The summed E-state index contributed by atoms with van der Waals surface area (Å²) in [5, 5.41) is 29.4. The molecular weight excluding hydrogens is 1610 g/mol. The third-order valence-corrected chi connectivity index (χ3v) is 24.3. The molecule has 18 rings (SSSR count). The number of nitrogens with zero attached hydrogens (tertiary/aromatic N) is 3. The zero-order valence-corrected chi connectivity index (χ0v) is 75.9. The van der Waals surface area contributed by atoms with E-state index in [1.807, 2.05) is 79.4 Å². The minimum Gasteiger partial charge on any atom is -0.870 e. The maximum atomic E-state index is 12.0. The van der Waals surface area contributed by atoms with Gasteiger partial charge in [-0.1, -0.05) is 189 Å². The molecule has 0 aliphatic heterocycles. The first-order valence-electron chi connectivity index (χ1n) is 39.8. The van der Waals surface area contributed by atoms with Crippen LogP contribution in [0.25, 0.3) is 16.0 Å².